The van der Waals surface area contributed by atoms with Crippen molar-refractivity contribution in [2.45, 2.75) is 32.0 Å². The Balaban J connectivity index is 1.85. The number of halogens is 1. The van der Waals surface area contributed by atoms with Crippen LogP contribution in [0.3, 0.4) is 0 Å². The number of nitrogens with zero attached hydrogens (tertiary/aromatic N) is 1. The van der Waals surface area contributed by atoms with Crippen LogP contribution in [-0.2, 0) is 6.54 Å². The van der Waals surface area contributed by atoms with Crippen LogP contribution in [0.1, 0.15) is 19.3 Å². The van der Waals surface area contributed by atoms with E-state index in [1.165, 1.54) is 10.9 Å². The van der Waals surface area contributed by atoms with Crippen molar-refractivity contribution in [2.75, 3.05) is 5.73 Å². The van der Waals surface area contributed by atoms with E-state index in [-0.39, 0.29) is 0 Å². The Bertz CT molecular complexity index is 532. The lowest BCUT2D eigenvalue weighted by Crippen LogP contribution is -2.07. The minimum atomic E-state index is -0.586. The molecule has 1 saturated carbocycles. The lowest BCUT2D eigenvalue weighted by Gasteiger charge is -2.11. The van der Waals surface area contributed by atoms with Crippen LogP contribution < -0.4 is 5.73 Å². The molecular weight excluding hydrogens is 215 g/mol. The largest absolute Gasteiger partial charge is 0.399 e. The maximum Gasteiger partial charge on any atom is 0.100 e. The molecular formula is C14H17FN2. The van der Waals surface area contributed by atoms with Crippen molar-refractivity contribution in [3.05, 3.63) is 30.5 Å². The summed E-state index contributed by atoms with van der Waals surface area (Å²) >= 11 is 0. The van der Waals surface area contributed by atoms with Crippen LogP contribution in [0.25, 0.3) is 10.9 Å². The Morgan fingerprint density at radius 1 is 1.29 bits per heavy atom. The van der Waals surface area contributed by atoms with Gasteiger partial charge in [-0.05, 0) is 49.4 Å². The topological polar surface area (TPSA) is 30.9 Å². The summed E-state index contributed by atoms with van der Waals surface area (Å²) in [6.45, 7) is 0.924. The van der Waals surface area contributed by atoms with E-state index in [4.69, 9.17) is 5.73 Å². The maximum atomic E-state index is 13.1. The lowest BCUT2D eigenvalue weighted by molar-refractivity contribution is 0.324. The van der Waals surface area contributed by atoms with E-state index in [1.54, 1.807) is 0 Å². The first-order valence-corrected chi connectivity index (χ1v) is 6.21. The Hall–Kier alpha value is -1.51. The van der Waals surface area contributed by atoms with Crippen molar-refractivity contribution in [3.63, 3.8) is 0 Å². The summed E-state index contributed by atoms with van der Waals surface area (Å²) in [5.74, 6) is 0.484. The van der Waals surface area contributed by atoms with Crippen molar-refractivity contribution in [2.24, 2.45) is 5.92 Å². The minimum Gasteiger partial charge on any atom is -0.399 e. The normalized spacial score (nSPS) is 24.5. The van der Waals surface area contributed by atoms with Crippen LogP contribution in [-0.4, -0.2) is 10.7 Å². The lowest BCUT2D eigenvalue weighted by atomic mass is 10.1. The zero-order valence-electron chi connectivity index (χ0n) is 9.77. The zero-order chi connectivity index (χ0) is 11.8. The molecule has 3 heteroatoms. The summed E-state index contributed by atoms with van der Waals surface area (Å²) in [5, 5.41) is 1.17. The number of aromatic nitrogens is 1. The molecule has 1 aliphatic rings. The number of hydrogen-bond donors (Lipinski definition) is 1. The highest BCUT2D eigenvalue weighted by atomic mass is 19.1. The molecule has 0 amide bonds. The molecule has 2 atom stereocenters. The second-order valence-corrected chi connectivity index (χ2v) is 5.06. The molecule has 2 unspecified atom stereocenters. The Morgan fingerprint density at radius 2 is 2.18 bits per heavy atom. The summed E-state index contributed by atoms with van der Waals surface area (Å²) in [6, 6.07) is 8.03. The second kappa shape index (κ2) is 4.06. The molecule has 2 N–H and O–H groups in total. The molecule has 0 bridgehead atoms. The summed E-state index contributed by atoms with van der Waals surface area (Å²) < 4.78 is 15.4. The van der Waals surface area contributed by atoms with Gasteiger partial charge in [0.2, 0.25) is 0 Å². The first kappa shape index (κ1) is 10.6. The molecule has 3 rings (SSSR count). The third-order valence-electron chi connectivity index (χ3n) is 3.73. The van der Waals surface area contributed by atoms with Crippen molar-refractivity contribution in [3.8, 4) is 0 Å². The van der Waals surface area contributed by atoms with Gasteiger partial charge in [0.15, 0.2) is 0 Å². The standard InChI is InChI=1S/C14H17FN2/c15-12-2-1-10(7-12)9-17-6-5-11-8-13(16)3-4-14(11)17/h3-6,8,10,12H,1-2,7,9,16H2. The third-order valence-corrected chi connectivity index (χ3v) is 3.73. The third kappa shape index (κ3) is 2.02. The number of anilines is 1. The van der Waals surface area contributed by atoms with E-state index in [0.717, 1.165) is 25.1 Å². The zero-order valence-corrected chi connectivity index (χ0v) is 9.77. The highest BCUT2D eigenvalue weighted by Gasteiger charge is 2.24. The number of fused-ring (bicyclic) bond motifs is 1. The predicted octanol–water partition coefficient (Wildman–Crippen LogP) is 3.36. The Labute approximate surface area is 100 Å². The molecule has 1 aromatic heterocycles. The van der Waals surface area contributed by atoms with E-state index in [0.29, 0.717) is 12.3 Å². The van der Waals surface area contributed by atoms with Gasteiger partial charge in [-0.3, -0.25) is 0 Å². The van der Waals surface area contributed by atoms with Gasteiger partial charge in [-0.1, -0.05) is 0 Å². The van der Waals surface area contributed by atoms with Crippen molar-refractivity contribution in [1.29, 1.82) is 0 Å². The highest BCUT2D eigenvalue weighted by Crippen LogP contribution is 2.30. The fourth-order valence-electron chi connectivity index (χ4n) is 2.84. The Morgan fingerprint density at radius 3 is 2.94 bits per heavy atom. The van der Waals surface area contributed by atoms with Gasteiger partial charge in [0.25, 0.3) is 0 Å². The van der Waals surface area contributed by atoms with Gasteiger partial charge >= 0.3 is 0 Å². The molecule has 1 aromatic carbocycles. The van der Waals surface area contributed by atoms with Gasteiger partial charge in [-0.25, -0.2) is 4.39 Å². The SMILES string of the molecule is Nc1ccc2c(ccn2CC2CCC(F)C2)c1. The van der Waals surface area contributed by atoms with Crippen molar-refractivity contribution >= 4 is 16.6 Å². The molecule has 1 aliphatic carbocycles. The molecule has 1 heterocycles. The number of nitrogens with two attached hydrogens (primary N) is 1. The first-order valence-electron chi connectivity index (χ1n) is 6.21. The first-order chi connectivity index (χ1) is 8.22. The second-order valence-electron chi connectivity index (χ2n) is 5.06. The number of nitrogen functional groups attached to an aromatic ring is 1. The van der Waals surface area contributed by atoms with Gasteiger partial charge < -0.3 is 10.3 Å². The van der Waals surface area contributed by atoms with E-state index < -0.39 is 6.17 Å². The van der Waals surface area contributed by atoms with Gasteiger partial charge in [0.1, 0.15) is 6.17 Å². The fraction of sp³-hybridized carbons (Fsp3) is 0.429. The highest BCUT2D eigenvalue weighted by molar-refractivity contribution is 5.83. The molecule has 17 heavy (non-hydrogen) atoms. The van der Waals surface area contributed by atoms with Crippen LogP contribution in [0.4, 0.5) is 10.1 Å². The molecule has 0 saturated heterocycles. The van der Waals surface area contributed by atoms with E-state index in [2.05, 4.69) is 16.8 Å². The molecule has 0 radical (unpaired) electrons. The average Bonchev–Trinajstić information content (AvgIpc) is 2.86. The summed E-state index contributed by atoms with van der Waals surface area (Å²) in [6.07, 6.45) is 3.95. The van der Waals surface area contributed by atoms with Gasteiger partial charge in [0, 0.05) is 29.3 Å². The number of rotatable bonds is 2. The summed E-state index contributed by atoms with van der Waals surface area (Å²) in [7, 11) is 0. The smallest absolute Gasteiger partial charge is 0.100 e. The van der Waals surface area contributed by atoms with E-state index in [9.17, 15) is 4.39 Å². The van der Waals surface area contributed by atoms with Gasteiger partial charge in [-0.15, -0.1) is 0 Å². The number of benzene rings is 1. The quantitative estimate of drug-likeness (QED) is 0.791. The summed E-state index contributed by atoms with van der Waals surface area (Å²) in [4.78, 5) is 0. The number of hydrogen-bond acceptors (Lipinski definition) is 1. The summed E-state index contributed by atoms with van der Waals surface area (Å²) in [5.41, 5.74) is 7.74. The molecule has 90 valence electrons. The number of alkyl halides is 1. The Kier molecular flexibility index (Phi) is 2.54. The molecule has 1 fully saturated rings. The predicted molar refractivity (Wildman–Crippen MR) is 68.6 cm³/mol. The van der Waals surface area contributed by atoms with Crippen LogP contribution >= 0.6 is 0 Å². The minimum absolute atomic E-state index is 0.484. The van der Waals surface area contributed by atoms with Crippen LogP contribution in [0, 0.1) is 5.92 Å². The van der Waals surface area contributed by atoms with Crippen LogP contribution in [0.2, 0.25) is 0 Å². The average molecular weight is 232 g/mol. The van der Waals surface area contributed by atoms with Gasteiger partial charge in [-0.2, -0.15) is 0 Å². The van der Waals surface area contributed by atoms with Crippen molar-refractivity contribution in [1.82, 2.24) is 4.57 Å². The monoisotopic (exact) mass is 232 g/mol. The maximum absolute atomic E-state index is 13.1. The van der Waals surface area contributed by atoms with E-state index >= 15 is 0 Å². The molecule has 0 aliphatic heterocycles. The fourth-order valence-corrected chi connectivity index (χ4v) is 2.84. The van der Waals surface area contributed by atoms with Gasteiger partial charge in [0.05, 0.1) is 0 Å². The van der Waals surface area contributed by atoms with Crippen LogP contribution in [0.5, 0.6) is 0 Å². The molecule has 0 spiro atoms. The molecule has 2 nitrogen and oxygen atoms in total. The van der Waals surface area contributed by atoms with E-state index in [1.807, 2.05) is 18.2 Å². The van der Waals surface area contributed by atoms with Crippen LogP contribution in [0.15, 0.2) is 30.5 Å². The molecule has 2 aromatic rings. The van der Waals surface area contributed by atoms with Crippen molar-refractivity contribution < 1.29 is 4.39 Å².